The standard InChI is InChI=1S/C18H19N7O/c1-19-13-5-8-25(11-13)18-22-10-15(23-24-18)14-4-3-12(9-16(14)26)17-20-6-2-7-21-17/h2-4,6-7,9-10,13,19,26H,5,8,11H2,1H3. The first-order valence-corrected chi connectivity index (χ1v) is 8.47. The highest BCUT2D eigenvalue weighted by molar-refractivity contribution is 5.71. The van der Waals surface area contributed by atoms with E-state index in [-0.39, 0.29) is 5.75 Å². The van der Waals surface area contributed by atoms with Crippen LogP contribution in [0, 0.1) is 0 Å². The maximum absolute atomic E-state index is 10.4. The van der Waals surface area contributed by atoms with Gasteiger partial charge in [-0.1, -0.05) is 6.07 Å². The molecule has 0 aliphatic carbocycles. The lowest BCUT2D eigenvalue weighted by atomic mass is 10.1. The fraction of sp³-hybridized carbons (Fsp3) is 0.278. The van der Waals surface area contributed by atoms with Gasteiger partial charge in [-0.05, 0) is 31.7 Å². The van der Waals surface area contributed by atoms with Crippen LogP contribution in [0.1, 0.15) is 6.42 Å². The highest BCUT2D eigenvalue weighted by Crippen LogP contribution is 2.31. The van der Waals surface area contributed by atoms with E-state index in [1.165, 1.54) is 0 Å². The number of aromatic nitrogens is 5. The Bertz CT molecular complexity index is 886. The van der Waals surface area contributed by atoms with Crippen LogP contribution in [-0.4, -0.2) is 56.4 Å². The molecule has 1 aromatic carbocycles. The summed E-state index contributed by atoms with van der Waals surface area (Å²) in [5, 5.41) is 22.1. The number of phenolic OH excluding ortho intramolecular Hbond substituents is 1. The zero-order valence-corrected chi connectivity index (χ0v) is 14.4. The van der Waals surface area contributed by atoms with E-state index >= 15 is 0 Å². The first-order valence-electron chi connectivity index (χ1n) is 8.47. The predicted molar refractivity (Wildman–Crippen MR) is 97.6 cm³/mol. The minimum atomic E-state index is 0.0928. The maximum Gasteiger partial charge on any atom is 0.245 e. The van der Waals surface area contributed by atoms with Crippen molar-refractivity contribution < 1.29 is 5.11 Å². The molecule has 1 fully saturated rings. The molecule has 8 nitrogen and oxygen atoms in total. The molecule has 4 rings (SSSR count). The van der Waals surface area contributed by atoms with E-state index in [0.29, 0.717) is 29.1 Å². The van der Waals surface area contributed by atoms with Crippen LogP contribution >= 0.6 is 0 Å². The minimum Gasteiger partial charge on any atom is -0.507 e. The fourth-order valence-corrected chi connectivity index (χ4v) is 3.05. The molecule has 1 aliphatic rings. The van der Waals surface area contributed by atoms with E-state index in [0.717, 1.165) is 25.1 Å². The van der Waals surface area contributed by atoms with Gasteiger partial charge in [0.2, 0.25) is 5.95 Å². The molecule has 1 atom stereocenters. The molecule has 132 valence electrons. The van der Waals surface area contributed by atoms with Crippen molar-refractivity contribution in [2.75, 3.05) is 25.0 Å². The van der Waals surface area contributed by atoms with Crippen molar-refractivity contribution in [2.24, 2.45) is 0 Å². The molecule has 2 N–H and O–H groups in total. The van der Waals surface area contributed by atoms with E-state index < -0.39 is 0 Å². The Kier molecular flexibility index (Phi) is 4.40. The number of aromatic hydroxyl groups is 1. The Morgan fingerprint density at radius 1 is 1.15 bits per heavy atom. The van der Waals surface area contributed by atoms with E-state index in [9.17, 15) is 5.11 Å². The highest BCUT2D eigenvalue weighted by Gasteiger charge is 2.23. The number of likely N-dealkylation sites (N-methyl/N-ethyl adjacent to an activating group) is 1. The van der Waals surface area contributed by atoms with Gasteiger partial charge in [0.1, 0.15) is 11.4 Å². The van der Waals surface area contributed by atoms with Crippen LogP contribution in [0.5, 0.6) is 5.75 Å². The monoisotopic (exact) mass is 349 g/mol. The van der Waals surface area contributed by atoms with E-state index in [2.05, 4.69) is 35.4 Å². The number of nitrogens with one attached hydrogen (secondary N) is 1. The van der Waals surface area contributed by atoms with Gasteiger partial charge in [-0.25, -0.2) is 15.0 Å². The van der Waals surface area contributed by atoms with Gasteiger partial charge < -0.3 is 15.3 Å². The molecular weight excluding hydrogens is 330 g/mol. The summed E-state index contributed by atoms with van der Waals surface area (Å²) in [5.41, 5.74) is 1.83. The van der Waals surface area contributed by atoms with Crippen LogP contribution in [0.2, 0.25) is 0 Å². The number of rotatable bonds is 4. The Labute approximate surface area is 151 Å². The van der Waals surface area contributed by atoms with Crippen molar-refractivity contribution in [1.82, 2.24) is 30.5 Å². The van der Waals surface area contributed by atoms with Crippen molar-refractivity contribution in [3.63, 3.8) is 0 Å². The Morgan fingerprint density at radius 3 is 2.65 bits per heavy atom. The molecule has 1 aliphatic heterocycles. The largest absolute Gasteiger partial charge is 0.507 e. The molecule has 0 amide bonds. The predicted octanol–water partition coefficient (Wildman–Crippen LogP) is 1.50. The lowest BCUT2D eigenvalue weighted by Crippen LogP contribution is -2.30. The molecule has 0 spiro atoms. The molecule has 8 heteroatoms. The average molecular weight is 349 g/mol. The van der Waals surface area contributed by atoms with Gasteiger partial charge in [0.05, 0.1) is 6.20 Å². The number of anilines is 1. The fourth-order valence-electron chi connectivity index (χ4n) is 3.05. The summed E-state index contributed by atoms with van der Waals surface area (Å²) in [5.74, 6) is 1.26. The lowest BCUT2D eigenvalue weighted by Gasteiger charge is -2.15. The third kappa shape index (κ3) is 3.18. The third-order valence-electron chi connectivity index (χ3n) is 4.53. The van der Waals surface area contributed by atoms with Crippen LogP contribution in [0.25, 0.3) is 22.6 Å². The SMILES string of the molecule is CNC1CCN(c2ncc(-c3ccc(-c4ncccn4)cc3O)nn2)C1. The molecule has 3 heterocycles. The molecule has 0 radical (unpaired) electrons. The molecule has 3 aromatic rings. The molecule has 26 heavy (non-hydrogen) atoms. The number of hydrogen-bond donors (Lipinski definition) is 2. The maximum atomic E-state index is 10.4. The van der Waals surface area contributed by atoms with E-state index in [1.807, 2.05) is 13.1 Å². The topological polar surface area (TPSA) is 100.0 Å². The highest BCUT2D eigenvalue weighted by atomic mass is 16.3. The number of benzene rings is 1. The summed E-state index contributed by atoms with van der Waals surface area (Å²) < 4.78 is 0. The van der Waals surface area contributed by atoms with Crippen LogP contribution in [0.15, 0.2) is 42.9 Å². The molecule has 2 aromatic heterocycles. The van der Waals surface area contributed by atoms with Gasteiger partial charge >= 0.3 is 0 Å². The second kappa shape index (κ2) is 7.01. The molecule has 0 saturated carbocycles. The van der Waals surface area contributed by atoms with Gasteiger partial charge in [-0.3, -0.25) is 0 Å². The average Bonchev–Trinajstić information content (AvgIpc) is 3.18. The Morgan fingerprint density at radius 2 is 2.00 bits per heavy atom. The summed E-state index contributed by atoms with van der Waals surface area (Å²) in [6, 6.07) is 7.45. The van der Waals surface area contributed by atoms with E-state index in [4.69, 9.17) is 0 Å². The van der Waals surface area contributed by atoms with Gasteiger partial charge in [0.15, 0.2) is 5.82 Å². The van der Waals surface area contributed by atoms with Gasteiger partial charge in [-0.2, -0.15) is 0 Å². The van der Waals surface area contributed by atoms with Crippen LogP contribution in [0.4, 0.5) is 5.95 Å². The zero-order valence-electron chi connectivity index (χ0n) is 14.4. The van der Waals surface area contributed by atoms with Gasteiger partial charge in [0.25, 0.3) is 0 Å². The van der Waals surface area contributed by atoms with Gasteiger partial charge in [0, 0.05) is 42.7 Å². The van der Waals surface area contributed by atoms with Crippen LogP contribution < -0.4 is 10.2 Å². The summed E-state index contributed by atoms with van der Waals surface area (Å²) in [6.07, 6.45) is 6.03. The second-order valence-electron chi connectivity index (χ2n) is 6.17. The van der Waals surface area contributed by atoms with Crippen LogP contribution in [0.3, 0.4) is 0 Å². The zero-order chi connectivity index (χ0) is 17.9. The third-order valence-corrected chi connectivity index (χ3v) is 4.53. The van der Waals surface area contributed by atoms with Crippen molar-refractivity contribution >= 4 is 5.95 Å². The molecule has 1 saturated heterocycles. The first kappa shape index (κ1) is 16.3. The first-order chi connectivity index (χ1) is 12.7. The quantitative estimate of drug-likeness (QED) is 0.731. The normalized spacial score (nSPS) is 16.8. The van der Waals surface area contributed by atoms with Crippen molar-refractivity contribution in [3.8, 4) is 28.4 Å². The number of phenols is 1. The van der Waals surface area contributed by atoms with Crippen LogP contribution in [-0.2, 0) is 0 Å². The molecular formula is C18H19N7O. The Hall–Kier alpha value is -3.13. The minimum absolute atomic E-state index is 0.0928. The number of nitrogens with zero attached hydrogens (tertiary/aromatic N) is 6. The summed E-state index contributed by atoms with van der Waals surface area (Å²) in [6.45, 7) is 1.78. The van der Waals surface area contributed by atoms with Crippen molar-refractivity contribution in [2.45, 2.75) is 12.5 Å². The van der Waals surface area contributed by atoms with Crippen molar-refractivity contribution in [1.29, 1.82) is 0 Å². The summed E-state index contributed by atoms with van der Waals surface area (Å²) in [4.78, 5) is 14.9. The second-order valence-corrected chi connectivity index (χ2v) is 6.17. The molecule has 0 bridgehead atoms. The number of hydrogen-bond acceptors (Lipinski definition) is 8. The van der Waals surface area contributed by atoms with E-state index in [1.54, 1.807) is 36.8 Å². The summed E-state index contributed by atoms with van der Waals surface area (Å²) >= 11 is 0. The van der Waals surface area contributed by atoms with Gasteiger partial charge in [-0.15, -0.1) is 10.2 Å². The summed E-state index contributed by atoms with van der Waals surface area (Å²) in [7, 11) is 1.96. The Balaban J connectivity index is 1.56. The molecule has 1 unspecified atom stereocenters. The lowest BCUT2D eigenvalue weighted by molar-refractivity contribution is 0.477. The van der Waals surface area contributed by atoms with Crippen molar-refractivity contribution in [3.05, 3.63) is 42.9 Å². The smallest absolute Gasteiger partial charge is 0.245 e.